The standard InChI is InChI=1S/C31H36N8O5S/c1-18(40)36-26(13-21-15-33-17-35-21)30(43)38-25(11-19-7-3-2-4-8-19)29(42)39-27(16-45)31(44)37-24(28(32)41)12-20-14-34-23-10-6-5-9-22(20)23/h2-10,14-15,17,24-27,34,45H,11-13,16H2,1H3,(H2,32,41)(H,33,35)(H,36,40)(H,37,44)(H,38,43)(H,39,42)/t24-,25+,26-,27-/m0/s1. The SMILES string of the molecule is CC(=O)N[C@@H](Cc1cnc[nH]1)C(=O)N[C@H](Cc1ccccc1)C(=O)N[C@@H](CS)C(=O)N[C@@H](Cc1c[nH]c2ccccc12)C(N)=O. The lowest BCUT2D eigenvalue weighted by atomic mass is 10.0. The molecule has 45 heavy (non-hydrogen) atoms. The third kappa shape index (κ3) is 9.19. The highest BCUT2D eigenvalue weighted by Crippen LogP contribution is 2.19. The van der Waals surface area contributed by atoms with Crippen LogP contribution in [0.15, 0.2) is 73.3 Å². The first-order valence-corrected chi connectivity index (χ1v) is 14.9. The number of benzene rings is 2. The molecule has 0 radical (unpaired) electrons. The van der Waals surface area contributed by atoms with Crippen molar-refractivity contribution >= 4 is 53.1 Å². The lowest BCUT2D eigenvalue weighted by molar-refractivity contribution is -0.133. The number of amides is 5. The van der Waals surface area contributed by atoms with Crippen LogP contribution in [0.3, 0.4) is 0 Å². The summed E-state index contributed by atoms with van der Waals surface area (Å²) in [7, 11) is 0. The number of imidazole rings is 1. The minimum absolute atomic E-state index is 0.0979. The molecule has 0 saturated heterocycles. The Morgan fingerprint density at radius 1 is 0.778 bits per heavy atom. The number of hydrogen-bond donors (Lipinski definition) is 8. The van der Waals surface area contributed by atoms with Crippen LogP contribution in [0.2, 0.25) is 0 Å². The third-order valence-electron chi connectivity index (χ3n) is 7.16. The van der Waals surface area contributed by atoms with Gasteiger partial charge in [-0.1, -0.05) is 48.5 Å². The summed E-state index contributed by atoms with van der Waals surface area (Å²) in [6.45, 7) is 1.29. The molecule has 0 aliphatic rings. The monoisotopic (exact) mass is 632 g/mol. The number of aromatic amines is 2. The summed E-state index contributed by atoms with van der Waals surface area (Å²) in [5, 5.41) is 11.5. The average molecular weight is 633 g/mol. The van der Waals surface area contributed by atoms with Crippen LogP contribution < -0.4 is 27.0 Å². The molecule has 14 heteroatoms. The number of primary amides is 1. The first-order chi connectivity index (χ1) is 21.6. The quantitative estimate of drug-likeness (QED) is 0.0865. The molecule has 236 valence electrons. The van der Waals surface area contributed by atoms with E-state index in [2.05, 4.69) is 48.8 Å². The van der Waals surface area contributed by atoms with E-state index in [4.69, 9.17) is 5.73 Å². The van der Waals surface area contributed by atoms with E-state index in [0.717, 1.165) is 22.0 Å². The molecule has 2 aromatic heterocycles. The predicted molar refractivity (Wildman–Crippen MR) is 171 cm³/mol. The van der Waals surface area contributed by atoms with Crippen LogP contribution in [0, 0.1) is 0 Å². The minimum atomic E-state index is -1.16. The van der Waals surface area contributed by atoms with Gasteiger partial charge in [-0.05, 0) is 17.2 Å². The Morgan fingerprint density at radius 3 is 2.04 bits per heavy atom. The number of fused-ring (bicyclic) bond motifs is 1. The second-order valence-electron chi connectivity index (χ2n) is 10.6. The minimum Gasteiger partial charge on any atom is -0.368 e. The lowest BCUT2D eigenvalue weighted by Crippen LogP contribution is -2.59. The zero-order chi connectivity index (χ0) is 32.3. The zero-order valence-electron chi connectivity index (χ0n) is 24.6. The highest BCUT2D eigenvalue weighted by Gasteiger charge is 2.31. The first kappa shape index (κ1) is 32.8. The fraction of sp³-hybridized carbons (Fsp3) is 0.290. The van der Waals surface area contributed by atoms with Crippen molar-refractivity contribution in [1.82, 2.24) is 36.2 Å². The smallest absolute Gasteiger partial charge is 0.244 e. The molecular weight excluding hydrogens is 596 g/mol. The molecule has 0 spiro atoms. The van der Waals surface area contributed by atoms with E-state index in [9.17, 15) is 24.0 Å². The maximum absolute atomic E-state index is 13.6. The number of rotatable bonds is 15. The molecule has 5 amide bonds. The first-order valence-electron chi connectivity index (χ1n) is 14.3. The fourth-order valence-electron chi connectivity index (χ4n) is 4.88. The van der Waals surface area contributed by atoms with Crippen LogP contribution in [-0.2, 0) is 43.2 Å². The van der Waals surface area contributed by atoms with Gasteiger partial charge in [0.05, 0.1) is 6.33 Å². The van der Waals surface area contributed by atoms with E-state index in [1.807, 2.05) is 30.3 Å². The topological polar surface area (TPSA) is 204 Å². The van der Waals surface area contributed by atoms with Crippen molar-refractivity contribution in [3.05, 3.63) is 90.1 Å². The van der Waals surface area contributed by atoms with Crippen LogP contribution >= 0.6 is 12.6 Å². The van der Waals surface area contributed by atoms with E-state index in [0.29, 0.717) is 5.69 Å². The molecule has 0 aliphatic heterocycles. The number of nitrogens with zero attached hydrogens (tertiary/aromatic N) is 1. The van der Waals surface area contributed by atoms with Crippen molar-refractivity contribution in [2.75, 3.05) is 5.75 Å². The predicted octanol–water partition coefficient (Wildman–Crippen LogP) is 0.293. The van der Waals surface area contributed by atoms with E-state index in [1.54, 1.807) is 30.5 Å². The van der Waals surface area contributed by atoms with Crippen molar-refractivity contribution in [2.45, 2.75) is 50.4 Å². The van der Waals surface area contributed by atoms with E-state index in [-0.39, 0.29) is 25.0 Å². The Bertz CT molecular complexity index is 1630. The lowest BCUT2D eigenvalue weighted by Gasteiger charge is -2.25. The Balaban J connectivity index is 1.48. The van der Waals surface area contributed by atoms with Gasteiger partial charge in [-0.3, -0.25) is 24.0 Å². The summed E-state index contributed by atoms with van der Waals surface area (Å²) in [5.74, 6) is -3.19. The molecule has 4 rings (SSSR count). The zero-order valence-corrected chi connectivity index (χ0v) is 25.5. The maximum Gasteiger partial charge on any atom is 0.244 e. The highest BCUT2D eigenvalue weighted by atomic mass is 32.1. The van der Waals surface area contributed by atoms with Gasteiger partial charge in [0.15, 0.2) is 0 Å². The number of thiol groups is 1. The second-order valence-corrected chi connectivity index (χ2v) is 10.9. The number of carbonyl (C=O) groups excluding carboxylic acids is 5. The number of hydrogen-bond acceptors (Lipinski definition) is 7. The molecule has 2 heterocycles. The molecule has 13 nitrogen and oxygen atoms in total. The molecule has 0 fully saturated rings. The summed E-state index contributed by atoms with van der Waals surface area (Å²) in [6.07, 6.45) is 5.08. The molecule has 4 atom stereocenters. The van der Waals surface area contributed by atoms with E-state index >= 15 is 0 Å². The van der Waals surface area contributed by atoms with Crippen LogP contribution in [0.25, 0.3) is 10.9 Å². The van der Waals surface area contributed by atoms with Gasteiger partial charge in [-0.25, -0.2) is 4.98 Å². The van der Waals surface area contributed by atoms with Crippen molar-refractivity contribution in [3.63, 3.8) is 0 Å². The molecular formula is C31H36N8O5S. The summed E-state index contributed by atoms with van der Waals surface area (Å²) in [4.78, 5) is 74.4. The van der Waals surface area contributed by atoms with Crippen molar-refractivity contribution in [1.29, 1.82) is 0 Å². The number of H-pyrrole nitrogens is 2. The summed E-state index contributed by atoms with van der Waals surface area (Å²) in [5.41, 5.74) is 8.66. The molecule has 2 aromatic carbocycles. The van der Waals surface area contributed by atoms with Crippen LogP contribution in [0.5, 0.6) is 0 Å². The van der Waals surface area contributed by atoms with Gasteiger partial charge in [-0.2, -0.15) is 12.6 Å². The van der Waals surface area contributed by atoms with Crippen molar-refractivity contribution < 1.29 is 24.0 Å². The van der Waals surface area contributed by atoms with Gasteiger partial charge in [0.2, 0.25) is 29.5 Å². The van der Waals surface area contributed by atoms with Gasteiger partial charge < -0.3 is 37.0 Å². The number of nitrogens with one attached hydrogen (secondary N) is 6. The Kier molecular flexibility index (Phi) is 11.3. The van der Waals surface area contributed by atoms with Crippen LogP contribution in [0.4, 0.5) is 0 Å². The molecule has 0 aliphatic carbocycles. The van der Waals surface area contributed by atoms with Gasteiger partial charge in [0.25, 0.3) is 0 Å². The molecule has 0 saturated carbocycles. The highest BCUT2D eigenvalue weighted by molar-refractivity contribution is 7.80. The van der Waals surface area contributed by atoms with Gasteiger partial charge in [-0.15, -0.1) is 0 Å². The third-order valence-corrected chi connectivity index (χ3v) is 7.53. The van der Waals surface area contributed by atoms with E-state index < -0.39 is 53.7 Å². The number of para-hydroxylation sites is 1. The van der Waals surface area contributed by atoms with Gasteiger partial charge >= 0.3 is 0 Å². The van der Waals surface area contributed by atoms with Crippen molar-refractivity contribution in [3.8, 4) is 0 Å². The summed E-state index contributed by atoms with van der Waals surface area (Å²) in [6, 6.07) is 12.2. The Labute approximate surface area is 264 Å². The average Bonchev–Trinajstić information content (AvgIpc) is 3.69. The van der Waals surface area contributed by atoms with Crippen LogP contribution in [0.1, 0.15) is 23.7 Å². The molecule has 8 N–H and O–H groups in total. The van der Waals surface area contributed by atoms with Crippen LogP contribution in [-0.4, -0.2) is 74.4 Å². The Hall–Kier alpha value is -5.11. The summed E-state index contributed by atoms with van der Waals surface area (Å²) < 4.78 is 0. The van der Waals surface area contributed by atoms with Gasteiger partial charge in [0, 0.05) is 60.9 Å². The molecule has 0 bridgehead atoms. The largest absolute Gasteiger partial charge is 0.368 e. The number of aromatic nitrogens is 3. The number of carbonyl (C=O) groups is 5. The molecule has 4 aromatic rings. The fourth-order valence-corrected chi connectivity index (χ4v) is 5.14. The van der Waals surface area contributed by atoms with E-state index in [1.165, 1.54) is 19.4 Å². The van der Waals surface area contributed by atoms with Gasteiger partial charge in [0.1, 0.15) is 24.2 Å². The molecule has 0 unspecified atom stereocenters. The maximum atomic E-state index is 13.6. The summed E-state index contributed by atoms with van der Waals surface area (Å²) >= 11 is 4.26. The number of nitrogens with two attached hydrogens (primary N) is 1. The van der Waals surface area contributed by atoms with Crippen molar-refractivity contribution in [2.24, 2.45) is 5.73 Å². The Morgan fingerprint density at radius 2 is 1.40 bits per heavy atom. The second kappa shape index (κ2) is 15.6. The normalized spacial score (nSPS) is 13.6.